The highest BCUT2D eigenvalue weighted by molar-refractivity contribution is 7.99. The summed E-state index contributed by atoms with van der Waals surface area (Å²) in [5.74, 6) is 0.00992. The van der Waals surface area contributed by atoms with Crippen LogP contribution in [0.5, 0.6) is 5.75 Å². The molecule has 1 aromatic carbocycles. The maximum absolute atomic E-state index is 12.6. The van der Waals surface area contributed by atoms with Gasteiger partial charge in [0.25, 0.3) is 0 Å². The van der Waals surface area contributed by atoms with Crippen LogP contribution in [0.1, 0.15) is 0 Å². The number of methoxy groups -OCH3 is 1. The second-order valence-corrected chi connectivity index (χ2v) is 7.79. The minimum atomic E-state index is -3.90. The zero-order valence-electron chi connectivity index (χ0n) is 11.2. The molecule has 1 N–H and O–H groups in total. The molecule has 0 spiro atoms. The molecule has 1 unspecified atom stereocenters. The Balaban J connectivity index is 2.40. The molecule has 1 atom stereocenters. The van der Waals surface area contributed by atoms with E-state index in [1.165, 1.54) is 37.1 Å². The van der Waals surface area contributed by atoms with E-state index in [0.29, 0.717) is 11.5 Å². The molecule has 0 aliphatic carbocycles. The maximum atomic E-state index is 12.6. The highest BCUT2D eigenvalue weighted by Gasteiger charge is 2.38. The SMILES string of the molecule is COc1ccc(S(=O)(=O)N2CCSCC2C(=O)O)cc1Cl. The summed E-state index contributed by atoms with van der Waals surface area (Å²) in [5.41, 5.74) is 0. The summed E-state index contributed by atoms with van der Waals surface area (Å²) in [6.45, 7) is 0.160. The topological polar surface area (TPSA) is 83.9 Å². The Morgan fingerprint density at radius 2 is 2.24 bits per heavy atom. The molecule has 1 heterocycles. The molecule has 1 fully saturated rings. The second kappa shape index (κ2) is 6.43. The number of aliphatic carboxylic acids is 1. The Bertz CT molecular complexity index is 649. The van der Waals surface area contributed by atoms with Gasteiger partial charge in [-0.25, -0.2) is 8.42 Å². The maximum Gasteiger partial charge on any atom is 0.322 e. The number of carbonyl (C=O) groups is 1. The lowest BCUT2D eigenvalue weighted by Crippen LogP contribution is -2.50. The number of nitrogens with zero attached hydrogens (tertiary/aromatic N) is 1. The van der Waals surface area contributed by atoms with Crippen molar-refractivity contribution in [3.05, 3.63) is 23.2 Å². The molecule has 0 amide bonds. The summed E-state index contributed by atoms with van der Waals surface area (Å²) >= 11 is 7.37. The molecule has 6 nitrogen and oxygen atoms in total. The molecule has 2 rings (SSSR count). The molecule has 0 saturated carbocycles. The van der Waals surface area contributed by atoms with E-state index in [1.807, 2.05) is 0 Å². The van der Waals surface area contributed by atoms with Crippen molar-refractivity contribution in [1.82, 2.24) is 4.31 Å². The first-order valence-electron chi connectivity index (χ1n) is 6.04. The molecule has 1 aromatic rings. The van der Waals surface area contributed by atoms with E-state index in [-0.39, 0.29) is 22.2 Å². The fourth-order valence-corrected chi connectivity index (χ4v) is 5.19. The Morgan fingerprint density at radius 1 is 1.52 bits per heavy atom. The molecule has 21 heavy (non-hydrogen) atoms. The van der Waals surface area contributed by atoms with Crippen molar-refractivity contribution in [3.63, 3.8) is 0 Å². The van der Waals surface area contributed by atoms with Crippen LogP contribution in [0, 0.1) is 0 Å². The Kier molecular flexibility index (Phi) is 5.03. The number of halogens is 1. The van der Waals surface area contributed by atoms with Gasteiger partial charge < -0.3 is 9.84 Å². The summed E-state index contributed by atoms with van der Waals surface area (Å²) < 4.78 is 31.2. The van der Waals surface area contributed by atoms with E-state index in [0.717, 1.165) is 4.31 Å². The number of benzene rings is 1. The lowest BCUT2D eigenvalue weighted by Gasteiger charge is -2.31. The minimum Gasteiger partial charge on any atom is -0.495 e. The molecule has 0 bridgehead atoms. The van der Waals surface area contributed by atoms with Gasteiger partial charge in [0.15, 0.2) is 0 Å². The van der Waals surface area contributed by atoms with E-state index in [9.17, 15) is 18.3 Å². The van der Waals surface area contributed by atoms with Crippen molar-refractivity contribution in [1.29, 1.82) is 0 Å². The van der Waals surface area contributed by atoms with Gasteiger partial charge in [-0.05, 0) is 18.2 Å². The van der Waals surface area contributed by atoms with Gasteiger partial charge in [-0.1, -0.05) is 11.6 Å². The average molecular weight is 352 g/mol. The largest absolute Gasteiger partial charge is 0.495 e. The highest BCUT2D eigenvalue weighted by Crippen LogP contribution is 2.30. The Morgan fingerprint density at radius 3 is 2.81 bits per heavy atom. The molecule has 1 saturated heterocycles. The highest BCUT2D eigenvalue weighted by atomic mass is 35.5. The number of thioether (sulfide) groups is 1. The summed E-state index contributed by atoms with van der Waals surface area (Å²) in [6.07, 6.45) is 0. The molecule has 1 aliphatic rings. The molecule has 9 heteroatoms. The fraction of sp³-hybridized carbons (Fsp3) is 0.417. The van der Waals surface area contributed by atoms with Crippen LogP contribution in [-0.2, 0) is 14.8 Å². The first kappa shape index (κ1) is 16.4. The summed E-state index contributed by atoms with van der Waals surface area (Å²) in [7, 11) is -2.48. The zero-order valence-corrected chi connectivity index (χ0v) is 13.5. The monoisotopic (exact) mass is 351 g/mol. The summed E-state index contributed by atoms with van der Waals surface area (Å²) in [4.78, 5) is 11.2. The van der Waals surface area contributed by atoms with Crippen LogP contribution < -0.4 is 4.74 Å². The number of ether oxygens (including phenoxy) is 1. The molecule has 0 aromatic heterocycles. The molecular formula is C12H14ClNO5S2. The van der Waals surface area contributed by atoms with Crippen molar-refractivity contribution in [3.8, 4) is 5.75 Å². The van der Waals surface area contributed by atoms with Gasteiger partial charge in [0, 0.05) is 18.1 Å². The third-order valence-corrected chi connectivity index (χ3v) is 6.32. The summed E-state index contributed by atoms with van der Waals surface area (Å²) in [5, 5.41) is 9.35. The number of hydrogen-bond donors (Lipinski definition) is 1. The van der Waals surface area contributed by atoms with Crippen LogP contribution in [0.2, 0.25) is 5.02 Å². The normalized spacial score (nSPS) is 20.2. The quantitative estimate of drug-likeness (QED) is 0.885. The van der Waals surface area contributed by atoms with Gasteiger partial charge in [-0.3, -0.25) is 4.79 Å². The van der Waals surface area contributed by atoms with Crippen LogP contribution >= 0.6 is 23.4 Å². The van der Waals surface area contributed by atoms with Gasteiger partial charge >= 0.3 is 5.97 Å². The molecule has 1 aliphatic heterocycles. The fourth-order valence-electron chi connectivity index (χ4n) is 2.01. The van der Waals surface area contributed by atoms with E-state index in [4.69, 9.17) is 16.3 Å². The van der Waals surface area contributed by atoms with Gasteiger partial charge in [0.2, 0.25) is 10.0 Å². The van der Waals surface area contributed by atoms with Crippen molar-refractivity contribution >= 4 is 39.4 Å². The number of hydrogen-bond acceptors (Lipinski definition) is 5. The van der Waals surface area contributed by atoms with Gasteiger partial charge in [0.05, 0.1) is 17.0 Å². The van der Waals surface area contributed by atoms with E-state index in [1.54, 1.807) is 0 Å². The van der Waals surface area contributed by atoms with Crippen molar-refractivity contribution in [2.75, 3.05) is 25.2 Å². The lowest BCUT2D eigenvalue weighted by molar-refractivity contribution is -0.140. The van der Waals surface area contributed by atoms with Crippen LogP contribution in [0.25, 0.3) is 0 Å². The van der Waals surface area contributed by atoms with Gasteiger partial charge in [-0.2, -0.15) is 16.1 Å². The predicted octanol–water partition coefficient (Wildman–Crippen LogP) is 1.54. The van der Waals surface area contributed by atoms with Crippen molar-refractivity contribution < 1.29 is 23.1 Å². The first-order chi connectivity index (χ1) is 9.87. The third kappa shape index (κ3) is 3.28. The van der Waals surface area contributed by atoms with Gasteiger partial charge in [-0.15, -0.1) is 0 Å². The summed E-state index contributed by atoms with van der Waals surface area (Å²) in [6, 6.07) is 3.02. The van der Waals surface area contributed by atoms with Crippen LogP contribution in [0.4, 0.5) is 0 Å². The Labute approximate surface area is 132 Å². The average Bonchev–Trinajstić information content (AvgIpc) is 2.47. The standard InChI is InChI=1S/C12H14ClNO5S2/c1-19-11-3-2-8(6-9(11)13)21(17,18)14-4-5-20-7-10(14)12(15)16/h2-3,6,10H,4-5,7H2,1H3,(H,15,16). The molecular weight excluding hydrogens is 338 g/mol. The number of carboxylic acids is 1. The van der Waals surface area contributed by atoms with Gasteiger partial charge in [0.1, 0.15) is 11.8 Å². The van der Waals surface area contributed by atoms with E-state index >= 15 is 0 Å². The van der Waals surface area contributed by atoms with Crippen LogP contribution in [0.3, 0.4) is 0 Å². The minimum absolute atomic E-state index is 0.0357. The zero-order chi connectivity index (χ0) is 15.6. The molecule has 0 radical (unpaired) electrons. The van der Waals surface area contributed by atoms with E-state index in [2.05, 4.69) is 0 Å². The lowest BCUT2D eigenvalue weighted by atomic mass is 10.3. The second-order valence-electron chi connectivity index (χ2n) is 4.34. The number of rotatable bonds is 4. The number of carboxylic acid groups (broad SMARTS) is 1. The molecule has 116 valence electrons. The van der Waals surface area contributed by atoms with Crippen LogP contribution in [0.15, 0.2) is 23.1 Å². The number of sulfonamides is 1. The predicted molar refractivity (Wildman–Crippen MR) is 80.6 cm³/mol. The smallest absolute Gasteiger partial charge is 0.322 e. The van der Waals surface area contributed by atoms with Crippen LogP contribution in [-0.4, -0.2) is 55.0 Å². The van der Waals surface area contributed by atoms with Crippen molar-refractivity contribution in [2.45, 2.75) is 10.9 Å². The van der Waals surface area contributed by atoms with E-state index < -0.39 is 22.0 Å². The van der Waals surface area contributed by atoms with Crippen molar-refractivity contribution in [2.24, 2.45) is 0 Å². The third-order valence-electron chi connectivity index (χ3n) is 3.09. The Hall–Kier alpha value is -0.960. The first-order valence-corrected chi connectivity index (χ1v) is 9.01.